The highest BCUT2D eigenvalue weighted by molar-refractivity contribution is 5.94. The van der Waals surface area contributed by atoms with E-state index in [2.05, 4.69) is 29.0 Å². The van der Waals surface area contributed by atoms with Crippen molar-refractivity contribution in [2.75, 3.05) is 31.5 Å². The van der Waals surface area contributed by atoms with Gasteiger partial charge in [0, 0.05) is 44.3 Å². The van der Waals surface area contributed by atoms with Crippen LogP contribution >= 0.6 is 0 Å². The second kappa shape index (κ2) is 8.82. The van der Waals surface area contributed by atoms with Crippen LogP contribution in [0.1, 0.15) is 35.5 Å². The SMILES string of the molecule is CC(C)N1CCN(C(=O)c2ccc(CNc3ccc(C(F)(F)F)nc3)cc2)CC1. The average molecular weight is 406 g/mol. The highest BCUT2D eigenvalue weighted by atomic mass is 19.4. The lowest BCUT2D eigenvalue weighted by atomic mass is 10.1. The fourth-order valence-corrected chi connectivity index (χ4v) is 3.26. The van der Waals surface area contributed by atoms with Crippen LogP contribution in [0.25, 0.3) is 0 Å². The zero-order valence-corrected chi connectivity index (χ0v) is 16.5. The van der Waals surface area contributed by atoms with E-state index in [1.54, 1.807) is 12.1 Å². The van der Waals surface area contributed by atoms with Crippen molar-refractivity contribution in [2.24, 2.45) is 0 Å². The van der Waals surface area contributed by atoms with Gasteiger partial charge in [-0.05, 0) is 43.7 Å². The minimum absolute atomic E-state index is 0.0276. The number of nitrogens with one attached hydrogen (secondary N) is 1. The number of anilines is 1. The zero-order chi connectivity index (χ0) is 21.0. The molecule has 1 fully saturated rings. The predicted octanol–water partition coefficient (Wildman–Crippen LogP) is 3.88. The molecule has 0 saturated carbocycles. The number of pyridine rings is 1. The Morgan fingerprint density at radius 2 is 1.72 bits per heavy atom. The van der Waals surface area contributed by atoms with Crippen molar-refractivity contribution in [3.63, 3.8) is 0 Å². The highest BCUT2D eigenvalue weighted by Gasteiger charge is 2.32. The average Bonchev–Trinajstić information content (AvgIpc) is 2.72. The minimum Gasteiger partial charge on any atom is -0.380 e. The standard InChI is InChI=1S/C21H25F3N4O/c1-15(2)27-9-11-28(12-10-27)20(29)17-5-3-16(4-6-17)13-25-18-7-8-19(26-14-18)21(22,23)24/h3-8,14-15,25H,9-13H2,1-2H3. The Morgan fingerprint density at radius 1 is 1.07 bits per heavy atom. The Balaban J connectivity index is 1.53. The van der Waals surface area contributed by atoms with E-state index in [-0.39, 0.29) is 5.91 Å². The van der Waals surface area contributed by atoms with E-state index in [0.717, 1.165) is 44.0 Å². The molecule has 0 unspecified atom stereocenters. The molecule has 2 aromatic rings. The minimum atomic E-state index is -4.44. The molecule has 1 saturated heterocycles. The van der Waals surface area contributed by atoms with Crippen LogP contribution in [0.15, 0.2) is 42.6 Å². The Kier molecular flexibility index (Phi) is 6.42. The number of aromatic nitrogens is 1. The molecule has 3 rings (SSSR count). The first-order valence-electron chi connectivity index (χ1n) is 9.63. The Labute approximate surface area is 168 Å². The summed E-state index contributed by atoms with van der Waals surface area (Å²) in [5, 5.41) is 3.04. The molecule has 0 atom stereocenters. The number of hydrogen-bond donors (Lipinski definition) is 1. The summed E-state index contributed by atoms with van der Waals surface area (Å²) in [6.45, 7) is 7.95. The fraction of sp³-hybridized carbons (Fsp3) is 0.429. The van der Waals surface area contributed by atoms with Gasteiger partial charge in [-0.2, -0.15) is 13.2 Å². The second-order valence-electron chi connectivity index (χ2n) is 7.40. The van der Waals surface area contributed by atoms with Gasteiger partial charge >= 0.3 is 6.18 Å². The summed E-state index contributed by atoms with van der Waals surface area (Å²) in [5.41, 5.74) is 1.15. The monoisotopic (exact) mass is 406 g/mol. The van der Waals surface area contributed by atoms with Gasteiger partial charge in [-0.1, -0.05) is 12.1 Å². The van der Waals surface area contributed by atoms with Crippen LogP contribution in [-0.4, -0.2) is 52.9 Å². The molecule has 1 aliphatic heterocycles. The van der Waals surface area contributed by atoms with E-state index in [9.17, 15) is 18.0 Å². The van der Waals surface area contributed by atoms with Crippen molar-refractivity contribution in [3.05, 3.63) is 59.4 Å². The number of carbonyl (C=O) groups excluding carboxylic acids is 1. The molecule has 1 aromatic heterocycles. The molecule has 156 valence electrons. The molecular weight excluding hydrogens is 381 g/mol. The van der Waals surface area contributed by atoms with Crippen molar-refractivity contribution in [1.82, 2.24) is 14.8 Å². The maximum Gasteiger partial charge on any atom is 0.433 e. The molecule has 5 nitrogen and oxygen atoms in total. The summed E-state index contributed by atoms with van der Waals surface area (Å²) >= 11 is 0. The summed E-state index contributed by atoms with van der Waals surface area (Å²) < 4.78 is 37.6. The van der Waals surface area contributed by atoms with Gasteiger partial charge in [-0.15, -0.1) is 0 Å². The van der Waals surface area contributed by atoms with Crippen molar-refractivity contribution < 1.29 is 18.0 Å². The molecule has 1 aliphatic rings. The number of nitrogens with zero attached hydrogens (tertiary/aromatic N) is 3. The lowest BCUT2D eigenvalue weighted by molar-refractivity contribution is -0.141. The number of halogens is 3. The lowest BCUT2D eigenvalue weighted by Crippen LogP contribution is -2.50. The molecule has 1 N–H and O–H groups in total. The number of alkyl halides is 3. The number of amides is 1. The summed E-state index contributed by atoms with van der Waals surface area (Å²) in [5.74, 6) is 0.0276. The molecular formula is C21H25F3N4O. The van der Waals surface area contributed by atoms with Crippen molar-refractivity contribution >= 4 is 11.6 Å². The maximum atomic E-state index is 12.7. The van der Waals surface area contributed by atoms with Crippen LogP contribution in [0.4, 0.5) is 18.9 Å². The van der Waals surface area contributed by atoms with E-state index in [1.807, 2.05) is 17.0 Å². The maximum absolute atomic E-state index is 12.7. The third-order valence-electron chi connectivity index (χ3n) is 5.08. The van der Waals surface area contributed by atoms with Gasteiger partial charge in [0.2, 0.25) is 0 Å². The molecule has 1 aromatic carbocycles. The molecule has 0 bridgehead atoms. The van der Waals surface area contributed by atoms with Gasteiger partial charge in [0.05, 0.1) is 11.9 Å². The predicted molar refractivity (Wildman–Crippen MR) is 106 cm³/mol. The Morgan fingerprint density at radius 3 is 2.24 bits per heavy atom. The van der Waals surface area contributed by atoms with Crippen LogP contribution in [0, 0.1) is 0 Å². The van der Waals surface area contributed by atoms with Crippen LogP contribution in [0.2, 0.25) is 0 Å². The number of carbonyl (C=O) groups is 1. The quantitative estimate of drug-likeness (QED) is 0.819. The molecule has 0 radical (unpaired) electrons. The van der Waals surface area contributed by atoms with E-state index in [4.69, 9.17) is 0 Å². The van der Waals surface area contributed by atoms with Gasteiger partial charge in [0.15, 0.2) is 0 Å². The third-order valence-corrected chi connectivity index (χ3v) is 5.08. The van der Waals surface area contributed by atoms with Crippen LogP contribution < -0.4 is 5.32 Å². The summed E-state index contributed by atoms with van der Waals surface area (Å²) in [7, 11) is 0. The topological polar surface area (TPSA) is 48.5 Å². The molecule has 8 heteroatoms. The number of hydrogen-bond acceptors (Lipinski definition) is 4. The van der Waals surface area contributed by atoms with Crippen LogP contribution in [0.3, 0.4) is 0 Å². The van der Waals surface area contributed by atoms with Gasteiger partial charge in [0.1, 0.15) is 5.69 Å². The smallest absolute Gasteiger partial charge is 0.380 e. The van der Waals surface area contributed by atoms with E-state index < -0.39 is 11.9 Å². The first kappa shape index (κ1) is 21.1. The van der Waals surface area contributed by atoms with E-state index >= 15 is 0 Å². The fourth-order valence-electron chi connectivity index (χ4n) is 3.26. The zero-order valence-electron chi connectivity index (χ0n) is 16.5. The highest BCUT2D eigenvalue weighted by Crippen LogP contribution is 2.27. The first-order chi connectivity index (χ1) is 13.7. The van der Waals surface area contributed by atoms with Crippen molar-refractivity contribution in [3.8, 4) is 0 Å². The molecule has 0 spiro atoms. The van der Waals surface area contributed by atoms with E-state index in [0.29, 0.717) is 23.8 Å². The number of piperazine rings is 1. The van der Waals surface area contributed by atoms with E-state index in [1.165, 1.54) is 6.07 Å². The second-order valence-corrected chi connectivity index (χ2v) is 7.40. The molecule has 2 heterocycles. The summed E-state index contributed by atoms with van der Waals surface area (Å²) in [6, 6.07) is 10.1. The Hall–Kier alpha value is -2.61. The number of benzene rings is 1. The Bertz CT molecular complexity index is 811. The summed E-state index contributed by atoms with van der Waals surface area (Å²) in [4.78, 5) is 20.3. The van der Waals surface area contributed by atoms with Crippen LogP contribution in [-0.2, 0) is 12.7 Å². The number of rotatable bonds is 5. The lowest BCUT2D eigenvalue weighted by Gasteiger charge is -2.37. The van der Waals surface area contributed by atoms with Gasteiger partial charge < -0.3 is 10.2 Å². The molecule has 29 heavy (non-hydrogen) atoms. The third kappa shape index (κ3) is 5.47. The van der Waals surface area contributed by atoms with Gasteiger partial charge in [-0.25, -0.2) is 4.98 Å². The van der Waals surface area contributed by atoms with Crippen molar-refractivity contribution in [2.45, 2.75) is 32.6 Å². The van der Waals surface area contributed by atoms with Gasteiger partial charge in [-0.3, -0.25) is 9.69 Å². The van der Waals surface area contributed by atoms with Crippen LogP contribution in [0.5, 0.6) is 0 Å². The molecule has 0 aliphatic carbocycles. The van der Waals surface area contributed by atoms with Gasteiger partial charge in [0.25, 0.3) is 5.91 Å². The largest absolute Gasteiger partial charge is 0.433 e. The first-order valence-corrected chi connectivity index (χ1v) is 9.63. The molecule has 1 amide bonds. The normalized spacial score (nSPS) is 15.6. The summed E-state index contributed by atoms with van der Waals surface area (Å²) in [6.07, 6.45) is -3.28. The van der Waals surface area contributed by atoms with Crippen molar-refractivity contribution in [1.29, 1.82) is 0 Å².